The molecule has 0 fully saturated rings. The summed E-state index contributed by atoms with van der Waals surface area (Å²) in [6.07, 6.45) is -1.97. The fraction of sp³-hybridized carbons (Fsp3) is 0.263. The number of carbonyl (C=O) groups is 1. The van der Waals surface area contributed by atoms with Gasteiger partial charge in [0.2, 0.25) is 5.88 Å². The summed E-state index contributed by atoms with van der Waals surface area (Å²) in [5.41, 5.74) is 6.88. The molecule has 0 spiro atoms. The Morgan fingerprint density at radius 1 is 1.17 bits per heavy atom. The van der Waals surface area contributed by atoms with E-state index in [1.54, 1.807) is 29.6 Å². The van der Waals surface area contributed by atoms with Gasteiger partial charge in [-0.05, 0) is 26.0 Å². The van der Waals surface area contributed by atoms with Crippen molar-refractivity contribution in [3.63, 3.8) is 0 Å². The topological polar surface area (TPSA) is 103 Å². The number of thiazole rings is 1. The maximum Gasteiger partial charge on any atom is 0.422 e. The van der Waals surface area contributed by atoms with Gasteiger partial charge in [0.1, 0.15) is 0 Å². The quantitative estimate of drug-likeness (QED) is 0.608. The van der Waals surface area contributed by atoms with Crippen molar-refractivity contribution < 1.29 is 22.7 Å². The van der Waals surface area contributed by atoms with Gasteiger partial charge in [0, 0.05) is 16.5 Å². The number of nitrogens with zero attached hydrogens (tertiary/aromatic N) is 3. The fourth-order valence-electron chi connectivity index (χ4n) is 2.50. The Morgan fingerprint density at radius 3 is 2.47 bits per heavy atom. The Bertz CT molecular complexity index is 1040. The molecular weight excluding hydrogens is 419 g/mol. The smallest absolute Gasteiger partial charge is 0.422 e. The number of alkyl halides is 3. The van der Waals surface area contributed by atoms with Crippen molar-refractivity contribution in [2.45, 2.75) is 25.6 Å². The molecular formula is C19H18F3N5O2S. The number of nitrogens with one attached hydrogen (secondary N) is 1. The molecule has 2 aromatic heterocycles. The number of carbonyl (C=O) groups excluding carboxylic acids is 1. The third-order valence-corrected chi connectivity index (χ3v) is 4.70. The van der Waals surface area contributed by atoms with Gasteiger partial charge in [-0.1, -0.05) is 12.1 Å². The zero-order valence-corrected chi connectivity index (χ0v) is 16.8. The molecule has 1 amide bonds. The van der Waals surface area contributed by atoms with Crippen LogP contribution in [-0.2, 0) is 5.54 Å². The lowest BCUT2D eigenvalue weighted by Gasteiger charge is -2.24. The molecule has 0 radical (unpaired) electrons. The summed E-state index contributed by atoms with van der Waals surface area (Å²) in [6.45, 7) is 2.18. The number of hydrogen-bond acceptors (Lipinski definition) is 7. The number of ether oxygens (including phenoxy) is 1. The van der Waals surface area contributed by atoms with Crippen molar-refractivity contribution in [2.75, 3.05) is 12.3 Å². The zero-order valence-electron chi connectivity index (χ0n) is 16.0. The molecule has 30 heavy (non-hydrogen) atoms. The average Bonchev–Trinajstić information content (AvgIpc) is 3.13. The van der Waals surface area contributed by atoms with Crippen molar-refractivity contribution in [3.05, 3.63) is 53.3 Å². The van der Waals surface area contributed by atoms with E-state index in [0.717, 1.165) is 6.20 Å². The number of aromatic nitrogens is 3. The average molecular weight is 437 g/mol. The Kier molecular flexibility index (Phi) is 5.92. The summed E-state index contributed by atoms with van der Waals surface area (Å²) in [5.74, 6) is -0.553. The second-order valence-corrected chi connectivity index (χ2v) is 7.76. The lowest BCUT2D eigenvalue weighted by Crippen LogP contribution is -2.41. The molecule has 0 saturated carbocycles. The van der Waals surface area contributed by atoms with E-state index >= 15 is 0 Å². The van der Waals surface area contributed by atoms with Gasteiger partial charge >= 0.3 is 6.18 Å². The lowest BCUT2D eigenvalue weighted by molar-refractivity contribution is -0.154. The van der Waals surface area contributed by atoms with Crippen LogP contribution in [0.25, 0.3) is 11.3 Å². The highest BCUT2D eigenvalue weighted by molar-refractivity contribution is 7.13. The van der Waals surface area contributed by atoms with E-state index in [2.05, 4.69) is 25.0 Å². The zero-order chi connectivity index (χ0) is 21.9. The first-order valence-electron chi connectivity index (χ1n) is 8.69. The Balaban J connectivity index is 1.71. The first-order chi connectivity index (χ1) is 14.0. The Morgan fingerprint density at radius 2 is 1.87 bits per heavy atom. The van der Waals surface area contributed by atoms with Crippen LogP contribution in [0.5, 0.6) is 5.88 Å². The lowest BCUT2D eigenvalue weighted by atomic mass is 10.0. The van der Waals surface area contributed by atoms with Gasteiger partial charge in [-0.2, -0.15) is 13.2 Å². The van der Waals surface area contributed by atoms with E-state index in [9.17, 15) is 18.0 Å². The minimum atomic E-state index is -4.47. The van der Waals surface area contributed by atoms with E-state index < -0.39 is 18.3 Å². The molecule has 11 heteroatoms. The predicted octanol–water partition coefficient (Wildman–Crippen LogP) is 3.79. The highest BCUT2D eigenvalue weighted by Crippen LogP contribution is 2.25. The summed E-state index contributed by atoms with van der Waals surface area (Å²) in [6, 6.07) is 6.42. The van der Waals surface area contributed by atoms with E-state index in [-0.39, 0.29) is 11.8 Å². The highest BCUT2D eigenvalue weighted by atomic mass is 32.1. The number of halogens is 3. The van der Waals surface area contributed by atoms with Crippen LogP contribution in [-0.4, -0.2) is 33.6 Å². The number of hydrogen-bond donors (Lipinski definition) is 2. The Hall–Kier alpha value is -3.21. The maximum absolute atomic E-state index is 12.6. The van der Waals surface area contributed by atoms with Crippen LogP contribution in [0.1, 0.15) is 29.9 Å². The van der Waals surface area contributed by atoms with Crippen molar-refractivity contribution in [1.29, 1.82) is 0 Å². The number of benzene rings is 1. The van der Waals surface area contributed by atoms with E-state index in [1.165, 1.54) is 17.5 Å². The molecule has 3 aromatic rings. The molecule has 0 saturated heterocycles. The molecule has 0 bridgehead atoms. The molecule has 0 aliphatic rings. The summed E-state index contributed by atoms with van der Waals surface area (Å²) < 4.78 is 41.5. The molecule has 2 heterocycles. The summed E-state index contributed by atoms with van der Waals surface area (Å²) in [5, 5.41) is 5.10. The number of rotatable bonds is 6. The molecule has 0 atom stereocenters. The Labute approximate surface area is 174 Å². The van der Waals surface area contributed by atoms with Crippen LogP contribution < -0.4 is 15.8 Å². The van der Waals surface area contributed by atoms with Crippen LogP contribution in [0.3, 0.4) is 0 Å². The van der Waals surface area contributed by atoms with Gasteiger partial charge in [-0.3, -0.25) is 9.78 Å². The third-order valence-electron chi connectivity index (χ3n) is 4.03. The van der Waals surface area contributed by atoms with Crippen LogP contribution in [0.2, 0.25) is 0 Å². The standard InChI is InChI=1S/C19H18F3N5O2S/c1-18(2,14-9-30-17(23)26-14)27-16(28)12-5-3-11(4-6-12)13-7-24-8-15(25-13)29-10-19(20,21)22/h3-9H,10H2,1-2H3,(H2,23,26)(H,27,28). The SMILES string of the molecule is CC(C)(NC(=O)c1ccc(-c2cncc(OCC(F)(F)F)n2)cc1)c1csc(N)n1. The first kappa shape index (κ1) is 21.5. The first-order valence-corrected chi connectivity index (χ1v) is 9.57. The highest BCUT2D eigenvalue weighted by Gasteiger charge is 2.29. The normalized spacial score (nSPS) is 11.9. The van der Waals surface area contributed by atoms with Gasteiger partial charge in [0.15, 0.2) is 11.7 Å². The minimum absolute atomic E-state index is 0.240. The fourth-order valence-corrected chi connectivity index (χ4v) is 3.23. The van der Waals surface area contributed by atoms with Gasteiger partial charge < -0.3 is 15.8 Å². The van der Waals surface area contributed by atoms with Gasteiger partial charge in [-0.25, -0.2) is 9.97 Å². The van der Waals surface area contributed by atoms with Gasteiger partial charge in [-0.15, -0.1) is 11.3 Å². The number of nitrogen functional groups attached to an aromatic ring is 1. The van der Waals surface area contributed by atoms with Crippen LogP contribution >= 0.6 is 11.3 Å². The second-order valence-electron chi connectivity index (χ2n) is 6.87. The molecule has 1 aromatic carbocycles. The van der Waals surface area contributed by atoms with Crippen molar-refractivity contribution in [2.24, 2.45) is 0 Å². The van der Waals surface area contributed by atoms with Crippen LogP contribution in [0, 0.1) is 0 Å². The molecule has 158 valence electrons. The van der Waals surface area contributed by atoms with Crippen LogP contribution in [0.4, 0.5) is 18.3 Å². The third kappa shape index (κ3) is 5.44. The predicted molar refractivity (Wildman–Crippen MR) is 106 cm³/mol. The van der Waals surface area contributed by atoms with E-state index in [0.29, 0.717) is 27.6 Å². The number of anilines is 1. The summed E-state index contributed by atoms with van der Waals surface area (Å²) in [7, 11) is 0. The number of amides is 1. The second kappa shape index (κ2) is 8.27. The molecule has 3 N–H and O–H groups in total. The van der Waals surface area contributed by atoms with Gasteiger partial charge in [0.05, 0.1) is 29.3 Å². The minimum Gasteiger partial charge on any atom is -0.467 e. The summed E-state index contributed by atoms with van der Waals surface area (Å²) in [4.78, 5) is 24.7. The monoisotopic (exact) mass is 437 g/mol. The van der Waals surface area contributed by atoms with E-state index in [4.69, 9.17) is 5.73 Å². The number of nitrogens with two attached hydrogens (primary N) is 1. The van der Waals surface area contributed by atoms with E-state index in [1.807, 2.05) is 13.8 Å². The van der Waals surface area contributed by atoms with Gasteiger partial charge in [0.25, 0.3) is 5.91 Å². The van der Waals surface area contributed by atoms with Crippen LogP contribution in [0.15, 0.2) is 42.0 Å². The molecule has 3 rings (SSSR count). The largest absolute Gasteiger partial charge is 0.467 e. The molecule has 0 aliphatic heterocycles. The maximum atomic E-state index is 12.6. The van der Waals surface area contributed by atoms with Crippen molar-refractivity contribution in [1.82, 2.24) is 20.3 Å². The molecule has 0 unspecified atom stereocenters. The van der Waals surface area contributed by atoms with Crippen molar-refractivity contribution in [3.8, 4) is 17.1 Å². The summed E-state index contributed by atoms with van der Waals surface area (Å²) >= 11 is 1.29. The van der Waals surface area contributed by atoms with Crippen molar-refractivity contribution >= 4 is 22.4 Å². The molecule has 7 nitrogen and oxygen atoms in total. The molecule has 0 aliphatic carbocycles.